The van der Waals surface area contributed by atoms with E-state index in [4.69, 9.17) is 25.8 Å². The second-order valence-electron chi connectivity index (χ2n) is 7.98. The van der Waals surface area contributed by atoms with Crippen LogP contribution in [0.5, 0.6) is 5.75 Å². The quantitative estimate of drug-likeness (QED) is 0.624. The predicted molar refractivity (Wildman–Crippen MR) is 112 cm³/mol. The van der Waals surface area contributed by atoms with Gasteiger partial charge >= 0.3 is 0 Å². The lowest BCUT2D eigenvalue weighted by atomic mass is 9.90. The van der Waals surface area contributed by atoms with Gasteiger partial charge in [-0.05, 0) is 41.3 Å². The van der Waals surface area contributed by atoms with Crippen molar-refractivity contribution in [2.24, 2.45) is 0 Å². The summed E-state index contributed by atoms with van der Waals surface area (Å²) in [6.07, 6.45) is -5.65. The lowest BCUT2D eigenvalue weighted by Gasteiger charge is -2.39. The number of ether oxygens (including phenoxy) is 3. The van der Waals surface area contributed by atoms with Crippen molar-refractivity contribution < 1.29 is 33.9 Å². The summed E-state index contributed by atoms with van der Waals surface area (Å²) in [5.74, 6) is 0.780. The molecule has 1 unspecified atom stereocenters. The van der Waals surface area contributed by atoms with Gasteiger partial charge in [-0.15, -0.1) is 0 Å². The first kappa shape index (κ1) is 22.5. The minimum Gasteiger partial charge on any atom is -0.488 e. The molecule has 2 heterocycles. The lowest BCUT2D eigenvalue weighted by Crippen LogP contribution is -2.53. The molecule has 2 aliphatic heterocycles. The highest BCUT2D eigenvalue weighted by Gasteiger charge is 2.45. The zero-order chi connectivity index (χ0) is 22.0. The number of halogens is 2. The first-order valence-corrected chi connectivity index (χ1v) is 10.7. The molecule has 0 aliphatic carbocycles. The summed E-state index contributed by atoms with van der Waals surface area (Å²) in [7, 11) is 0. The Labute approximate surface area is 185 Å². The van der Waals surface area contributed by atoms with Gasteiger partial charge in [-0.25, -0.2) is 4.39 Å². The van der Waals surface area contributed by atoms with Crippen molar-refractivity contribution in [3.05, 3.63) is 64.2 Å². The number of benzene rings is 2. The third kappa shape index (κ3) is 5.03. The number of hydrogen-bond acceptors (Lipinski definition) is 6. The van der Waals surface area contributed by atoms with E-state index in [0.717, 1.165) is 29.9 Å². The first-order chi connectivity index (χ1) is 15.0. The molecule has 3 N–H and O–H groups in total. The van der Waals surface area contributed by atoms with E-state index in [1.54, 1.807) is 18.2 Å². The molecule has 0 radical (unpaired) electrons. The van der Waals surface area contributed by atoms with E-state index in [1.165, 1.54) is 0 Å². The Hall–Kier alpha value is -1.74. The maximum Gasteiger partial charge on any atom is 0.157 e. The fourth-order valence-corrected chi connectivity index (χ4v) is 4.15. The molecular weight excluding hydrogens is 427 g/mol. The third-order valence-electron chi connectivity index (χ3n) is 5.75. The second kappa shape index (κ2) is 9.81. The molecule has 2 aliphatic rings. The van der Waals surface area contributed by atoms with Crippen molar-refractivity contribution in [1.29, 1.82) is 0 Å². The third-order valence-corrected chi connectivity index (χ3v) is 6.12. The molecular formula is C23H26ClFO6. The van der Waals surface area contributed by atoms with Crippen LogP contribution in [-0.4, -0.2) is 65.7 Å². The number of hydrogen-bond donors (Lipinski definition) is 3. The Kier molecular flexibility index (Phi) is 7.11. The molecule has 6 atom stereocenters. The van der Waals surface area contributed by atoms with Gasteiger partial charge < -0.3 is 29.5 Å². The number of alkyl halides is 1. The van der Waals surface area contributed by atoms with Gasteiger partial charge in [0.05, 0.1) is 19.8 Å². The molecule has 0 spiro atoms. The summed E-state index contributed by atoms with van der Waals surface area (Å²) in [5.41, 5.74) is 2.36. The number of aliphatic hydroxyl groups is 3. The molecule has 0 saturated carbocycles. The van der Waals surface area contributed by atoms with Gasteiger partial charge in [0, 0.05) is 11.4 Å². The van der Waals surface area contributed by atoms with E-state index in [2.05, 4.69) is 0 Å². The fourth-order valence-electron chi connectivity index (χ4n) is 3.96. The van der Waals surface area contributed by atoms with E-state index in [0.29, 0.717) is 23.6 Å². The minimum absolute atomic E-state index is 0.0842. The van der Waals surface area contributed by atoms with Crippen LogP contribution in [0.25, 0.3) is 0 Å². The van der Waals surface area contributed by atoms with Gasteiger partial charge in [0.2, 0.25) is 0 Å². The van der Waals surface area contributed by atoms with E-state index in [9.17, 15) is 19.7 Å². The summed E-state index contributed by atoms with van der Waals surface area (Å²) in [5, 5.41) is 30.2. The summed E-state index contributed by atoms with van der Waals surface area (Å²) < 4.78 is 30.8. The topological polar surface area (TPSA) is 88.4 Å². The number of rotatable bonds is 6. The van der Waals surface area contributed by atoms with E-state index >= 15 is 0 Å². The van der Waals surface area contributed by atoms with Crippen molar-refractivity contribution in [3.8, 4) is 5.75 Å². The van der Waals surface area contributed by atoms with E-state index in [1.807, 2.05) is 24.3 Å². The fraction of sp³-hybridized carbons (Fsp3) is 0.478. The number of aliphatic hydroxyl groups excluding tert-OH is 3. The van der Waals surface area contributed by atoms with Crippen molar-refractivity contribution in [2.45, 2.75) is 49.5 Å². The highest BCUT2D eigenvalue weighted by molar-refractivity contribution is 6.31. The molecule has 2 aromatic rings. The van der Waals surface area contributed by atoms with Crippen LogP contribution < -0.4 is 4.74 Å². The average molecular weight is 453 g/mol. The van der Waals surface area contributed by atoms with Gasteiger partial charge in [-0.2, -0.15) is 0 Å². The maximum absolute atomic E-state index is 14.0. The van der Waals surface area contributed by atoms with Crippen molar-refractivity contribution in [3.63, 3.8) is 0 Å². The highest BCUT2D eigenvalue weighted by atomic mass is 35.5. The van der Waals surface area contributed by atoms with Crippen LogP contribution in [0.4, 0.5) is 4.39 Å². The molecule has 168 valence electrons. The Balaban J connectivity index is 1.49. The van der Waals surface area contributed by atoms with Crippen molar-refractivity contribution in [2.75, 3.05) is 19.8 Å². The Morgan fingerprint density at radius 2 is 1.87 bits per heavy atom. The maximum atomic E-state index is 14.0. The molecule has 6 nitrogen and oxygen atoms in total. The average Bonchev–Trinajstić information content (AvgIpc) is 3.28. The standard InChI is InChI=1S/C23H26ClFO6/c24-18-6-3-14(23-22(28)21(27)20(25)19(11-26)31-23)10-15(18)9-13-1-4-16(5-2-13)30-17-7-8-29-12-17/h1-6,10,17,19-23,26-28H,7-9,11-12H2/t17?,19-,20-,21+,22-,23+/m1/s1. The smallest absolute Gasteiger partial charge is 0.157 e. The minimum atomic E-state index is -1.86. The summed E-state index contributed by atoms with van der Waals surface area (Å²) in [6, 6.07) is 12.8. The van der Waals surface area contributed by atoms with E-state index < -0.39 is 37.2 Å². The van der Waals surface area contributed by atoms with E-state index in [-0.39, 0.29) is 6.10 Å². The molecule has 2 saturated heterocycles. The largest absolute Gasteiger partial charge is 0.488 e. The Morgan fingerprint density at radius 3 is 2.55 bits per heavy atom. The van der Waals surface area contributed by atoms with Crippen LogP contribution >= 0.6 is 11.6 Å². The molecule has 4 rings (SSSR count). The van der Waals surface area contributed by atoms with Crippen LogP contribution in [0.1, 0.15) is 29.2 Å². The zero-order valence-corrected chi connectivity index (χ0v) is 17.6. The molecule has 8 heteroatoms. The van der Waals surface area contributed by atoms with Gasteiger partial charge in [-0.3, -0.25) is 0 Å². The van der Waals surface area contributed by atoms with Gasteiger partial charge in [0.15, 0.2) is 6.17 Å². The second-order valence-corrected chi connectivity index (χ2v) is 8.39. The summed E-state index contributed by atoms with van der Waals surface area (Å²) >= 11 is 6.38. The van der Waals surface area contributed by atoms with Crippen molar-refractivity contribution in [1.82, 2.24) is 0 Å². The molecule has 31 heavy (non-hydrogen) atoms. The monoisotopic (exact) mass is 452 g/mol. The summed E-state index contributed by atoms with van der Waals surface area (Å²) in [4.78, 5) is 0. The molecule has 2 aromatic carbocycles. The van der Waals surface area contributed by atoms with Crippen LogP contribution in [-0.2, 0) is 15.9 Å². The Morgan fingerprint density at radius 1 is 1.10 bits per heavy atom. The van der Waals surface area contributed by atoms with Crippen molar-refractivity contribution >= 4 is 11.6 Å². The van der Waals surface area contributed by atoms with Crippen LogP contribution in [0.3, 0.4) is 0 Å². The SMILES string of the molecule is OC[C@H]1O[C@@H](c2ccc(Cl)c(Cc3ccc(OC4CCOC4)cc3)c2)[C@H](O)[C@@H](O)[C@@H]1F. The molecule has 2 fully saturated rings. The Bertz CT molecular complexity index is 871. The zero-order valence-electron chi connectivity index (χ0n) is 16.9. The van der Waals surface area contributed by atoms with Crippen LogP contribution in [0.15, 0.2) is 42.5 Å². The highest BCUT2D eigenvalue weighted by Crippen LogP contribution is 2.35. The van der Waals surface area contributed by atoms with Gasteiger partial charge in [-0.1, -0.05) is 35.9 Å². The summed E-state index contributed by atoms with van der Waals surface area (Å²) in [6.45, 7) is 0.733. The predicted octanol–water partition coefficient (Wildman–Crippen LogP) is 2.59. The van der Waals surface area contributed by atoms with Gasteiger partial charge in [0.1, 0.15) is 36.3 Å². The first-order valence-electron chi connectivity index (χ1n) is 10.3. The van der Waals surface area contributed by atoms with Crippen LogP contribution in [0.2, 0.25) is 5.02 Å². The van der Waals surface area contributed by atoms with Gasteiger partial charge in [0.25, 0.3) is 0 Å². The molecule has 0 aromatic heterocycles. The lowest BCUT2D eigenvalue weighted by molar-refractivity contribution is -0.214. The molecule has 0 amide bonds. The molecule has 0 bridgehead atoms. The normalized spacial score (nSPS) is 31.0. The van der Waals surface area contributed by atoms with Crippen LogP contribution in [0, 0.1) is 0 Å².